The lowest BCUT2D eigenvalue weighted by molar-refractivity contribution is -0.385. The Morgan fingerprint density at radius 3 is 2.38 bits per heavy atom. The summed E-state index contributed by atoms with van der Waals surface area (Å²) < 4.78 is 0. The number of para-hydroxylation sites is 2. The quantitative estimate of drug-likeness (QED) is 0.490. The molecule has 0 aliphatic carbocycles. The summed E-state index contributed by atoms with van der Waals surface area (Å²) in [6.45, 7) is 3.61. The first-order valence-electron chi connectivity index (χ1n) is 11.3. The Morgan fingerprint density at radius 1 is 1.00 bits per heavy atom. The van der Waals surface area contributed by atoms with Gasteiger partial charge in [0.25, 0.3) is 11.6 Å². The Morgan fingerprint density at radius 2 is 1.68 bits per heavy atom. The van der Waals surface area contributed by atoms with Crippen LogP contribution in [0.2, 0.25) is 0 Å². The van der Waals surface area contributed by atoms with Crippen LogP contribution in [-0.4, -0.2) is 78.3 Å². The Balaban J connectivity index is 1.21. The molecule has 0 spiro atoms. The molecule has 2 aliphatic heterocycles. The molecule has 4 rings (SSSR count). The molecule has 0 aromatic heterocycles. The Hall–Kier alpha value is -3.79. The van der Waals surface area contributed by atoms with Crippen molar-refractivity contribution in [2.24, 2.45) is 5.92 Å². The van der Waals surface area contributed by atoms with E-state index in [0.717, 1.165) is 5.69 Å². The van der Waals surface area contributed by atoms with E-state index < -0.39 is 4.92 Å². The Bertz CT molecular complexity index is 1070. The highest BCUT2D eigenvalue weighted by Crippen LogP contribution is 2.25. The first-order chi connectivity index (χ1) is 16.4. The predicted octanol–water partition coefficient (Wildman–Crippen LogP) is 1.52. The van der Waals surface area contributed by atoms with E-state index in [0.29, 0.717) is 45.8 Å². The number of nitrogens with one attached hydrogen (secondary N) is 1. The van der Waals surface area contributed by atoms with Gasteiger partial charge >= 0.3 is 0 Å². The number of carbonyl (C=O) groups is 3. The maximum absolute atomic E-state index is 12.8. The molecule has 10 nitrogen and oxygen atoms in total. The van der Waals surface area contributed by atoms with Gasteiger partial charge in [-0.2, -0.15) is 0 Å². The molecule has 3 amide bonds. The van der Waals surface area contributed by atoms with Crippen molar-refractivity contribution in [3.8, 4) is 0 Å². The minimum atomic E-state index is -0.539. The average molecular weight is 466 g/mol. The summed E-state index contributed by atoms with van der Waals surface area (Å²) in [4.78, 5) is 53.7. The molecule has 0 radical (unpaired) electrons. The number of rotatable bonds is 7. The fourth-order valence-electron chi connectivity index (χ4n) is 4.38. The third-order valence-electron chi connectivity index (χ3n) is 6.28. The molecule has 1 atom stereocenters. The highest BCUT2D eigenvalue weighted by Gasteiger charge is 2.35. The van der Waals surface area contributed by atoms with Crippen molar-refractivity contribution in [2.75, 3.05) is 50.7 Å². The molecule has 2 aliphatic rings. The molecule has 2 fully saturated rings. The van der Waals surface area contributed by atoms with E-state index >= 15 is 0 Å². The molecule has 0 bridgehead atoms. The van der Waals surface area contributed by atoms with E-state index in [9.17, 15) is 24.5 Å². The van der Waals surface area contributed by atoms with Gasteiger partial charge in [0.1, 0.15) is 5.56 Å². The van der Waals surface area contributed by atoms with Crippen molar-refractivity contribution in [3.05, 3.63) is 70.3 Å². The molecule has 1 unspecified atom stereocenters. The second-order valence-electron chi connectivity index (χ2n) is 8.44. The maximum Gasteiger partial charge on any atom is 0.282 e. The van der Waals surface area contributed by atoms with Gasteiger partial charge in [-0.3, -0.25) is 29.4 Å². The van der Waals surface area contributed by atoms with Crippen LogP contribution in [0.5, 0.6) is 0 Å². The number of piperazine rings is 1. The number of carbonyl (C=O) groups excluding carboxylic acids is 3. The summed E-state index contributed by atoms with van der Waals surface area (Å²) in [5, 5.41) is 14.1. The summed E-state index contributed by atoms with van der Waals surface area (Å²) in [7, 11) is 0. The number of hydrogen-bond donors (Lipinski definition) is 1. The molecule has 2 aromatic rings. The lowest BCUT2D eigenvalue weighted by atomic mass is 10.1. The van der Waals surface area contributed by atoms with Crippen LogP contribution in [-0.2, 0) is 9.59 Å². The molecule has 0 saturated carbocycles. The van der Waals surface area contributed by atoms with Gasteiger partial charge in [-0.15, -0.1) is 0 Å². The van der Waals surface area contributed by atoms with Crippen LogP contribution in [0.3, 0.4) is 0 Å². The molecule has 2 saturated heterocycles. The van der Waals surface area contributed by atoms with E-state index in [1.54, 1.807) is 21.9 Å². The third-order valence-corrected chi connectivity index (χ3v) is 6.28. The SMILES string of the molecule is O=C(NCCN1CCN(C(=O)c2ccccc2[N+](=O)[O-])CC1)C1CC(=O)N(c2ccccc2)C1. The zero-order valence-corrected chi connectivity index (χ0v) is 18.8. The average Bonchev–Trinajstić information content (AvgIpc) is 3.26. The van der Waals surface area contributed by atoms with Crippen molar-refractivity contribution in [1.29, 1.82) is 0 Å². The molecular weight excluding hydrogens is 438 g/mol. The molecule has 34 heavy (non-hydrogen) atoms. The first kappa shape index (κ1) is 23.4. The molecule has 10 heteroatoms. The highest BCUT2D eigenvalue weighted by molar-refractivity contribution is 6.00. The van der Waals surface area contributed by atoms with Gasteiger partial charge in [0.15, 0.2) is 0 Å². The zero-order chi connectivity index (χ0) is 24.1. The second kappa shape index (κ2) is 10.4. The Kier molecular flexibility index (Phi) is 7.17. The number of nitro benzene ring substituents is 1. The maximum atomic E-state index is 12.8. The number of hydrogen-bond acceptors (Lipinski definition) is 6. The minimum Gasteiger partial charge on any atom is -0.355 e. The fourth-order valence-corrected chi connectivity index (χ4v) is 4.38. The summed E-state index contributed by atoms with van der Waals surface area (Å²) in [6, 6.07) is 15.3. The lowest BCUT2D eigenvalue weighted by Crippen LogP contribution is -2.50. The number of amides is 3. The normalized spacial score (nSPS) is 18.7. The van der Waals surface area contributed by atoms with Crippen LogP contribution in [0.1, 0.15) is 16.8 Å². The summed E-state index contributed by atoms with van der Waals surface area (Å²) in [5.74, 6) is -0.888. The predicted molar refractivity (Wildman–Crippen MR) is 125 cm³/mol. The van der Waals surface area contributed by atoms with Gasteiger partial charge in [0.05, 0.1) is 10.8 Å². The number of anilines is 1. The van der Waals surface area contributed by atoms with Gasteiger partial charge in [0.2, 0.25) is 11.8 Å². The van der Waals surface area contributed by atoms with Crippen molar-refractivity contribution in [2.45, 2.75) is 6.42 Å². The van der Waals surface area contributed by atoms with E-state index in [1.165, 1.54) is 12.1 Å². The van der Waals surface area contributed by atoms with E-state index in [1.807, 2.05) is 30.3 Å². The van der Waals surface area contributed by atoms with Gasteiger partial charge in [-0.05, 0) is 18.2 Å². The monoisotopic (exact) mass is 465 g/mol. The minimum absolute atomic E-state index is 0.0502. The number of benzene rings is 2. The van der Waals surface area contributed by atoms with Crippen LogP contribution >= 0.6 is 0 Å². The molecule has 178 valence electrons. The van der Waals surface area contributed by atoms with Crippen LogP contribution in [0.4, 0.5) is 11.4 Å². The summed E-state index contributed by atoms with van der Waals surface area (Å²) >= 11 is 0. The number of nitro groups is 1. The van der Waals surface area contributed by atoms with E-state index in [4.69, 9.17) is 0 Å². The van der Waals surface area contributed by atoms with Crippen molar-refractivity contribution >= 4 is 29.1 Å². The van der Waals surface area contributed by atoms with Gasteiger partial charge in [-0.25, -0.2) is 0 Å². The van der Waals surface area contributed by atoms with Crippen LogP contribution in [0.25, 0.3) is 0 Å². The van der Waals surface area contributed by atoms with Crippen molar-refractivity contribution in [1.82, 2.24) is 15.1 Å². The van der Waals surface area contributed by atoms with E-state index in [-0.39, 0.29) is 41.3 Å². The summed E-state index contributed by atoms with van der Waals surface area (Å²) in [6.07, 6.45) is 0.202. The van der Waals surface area contributed by atoms with Gasteiger partial charge in [-0.1, -0.05) is 30.3 Å². The molecule has 1 N–H and O–H groups in total. The van der Waals surface area contributed by atoms with Crippen LogP contribution in [0.15, 0.2) is 54.6 Å². The highest BCUT2D eigenvalue weighted by atomic mass is 16.6. The smallest absolute Gasteiger partial charge is 0.282 e. The first-order valence-corrected chi connectivity index (χ1v) is 11.3. The molecular formula is C24H27N5O5. The number of nitrogens with zero attached hydrogens (tertiary/aromatic N) is 4. The van der Waals surface area contributed by atoms with Crippen LogP contribution in [0, 0.1) is 16.0 Å². The second-order valence-corrected chi connectivity index (χ2v) is 8.44. The van der Waals surface area contributed by atoms with Gasteiger partial charge < -0.3 is 15.1 Å². The lowest BCUT2D eigenvalue weighted by Gasteiger charge is -2.34. The summed E-state index contributed by atoms with van der Waals surface area (Å²) in [5.41, 5.74) is 0.716. The van der Waals surface area contributed by atoms with Crippen molar-refractivity contribution < 1.29 is 19.3 Å². The standard InChI is InChI=1S/C24H27N5O5/c30-22-16-18(17-28(22)19-6-2-1-3-7-19)23(31)25-10-11-26-12-14-27(15-13-26)24(32)20-8-4-5-9-21(20)29(33)34/h1-9,18H,10-17H2,(H,25,31). The molecule has 2 aromatic carbocycles. The Labute approximate surface area is 197 Å². The fraction of sp³-hybridized carbons (Fsp3) is 0.375. The largest absolute Gasteiger partial charge is 0.355 e. The van der Waals surface area contributed by atoms with Crippen LogP contribution < -0.4 is 10.2 Å². The zero-order valence-electron chi connectivity index (χ0n) is 18.8. The van der Waals surface area contributed by atoms with E-state index in [2.05, 4.69) is 10.2 Å². The molecule has 2 heterocycles. The third kappa shape index (κ3) is 5.23. The topological polar surface area (TPSA) is 116 Å². The van der Waals surface area contributed by atoms with Gasteiger partial charge in [0, 0.05) is 64.0 Å². The van der Waals surface area contributed by atoms with Crippen molar-refractivity contribution in [3.63, 3.8) is 0 Å².